The Balaban J connectivity index is 1.57. The van der Waals surface area contributed by atoms with Crippen LogP contribution in [-0.2, 0) is 12.6 Å². The molecule has 2 aromatic heterocycles. The van der Waals surface area contributed by atoms with Crippen LogP contribution in [0.15, 0.2) is 28.8 Å². The molecule has 6 nitrogen and oxygen atoms in total. The molecule has 0 saturated carbocycles. The summed E-state index contributed by atoms with van der Waals surface area (Å²) in [6.45, 7) is 6.08. The summed E-state index contributed by atoms with van der Waals surface area (Å²) < 4.78 is 43.3. The van der Waals surface area contributed by atoms with E-state index < -0.39 is 11.7 Å². The average Bonchev–Trinajstić information content (AvgIpc) is 3.31. The predicted octanol–water partition coefficient (Wildman–Crippen LogP) is 5.01. The number of thiazole rings is 1. The summed E-state index contributed by atoms with van der Waals surface area (Å²) in [5.74, 6) is 1.11. The van der Waals surface area contributed by atoms with Crippen molar-refractivity contribution in [2.45, 2.75) is 45.7 Å². The van der Waals surface area contributed by atoms with Crippen LogP contribution in [0.1, 0.15) is 58.8 Å². The lowest BCUT2D eigenvalue weighted by molar-refractivity contribution is -0.137. The predicted molar refractivity (Wildman–Crippen MR) is 106 cm³/mol. The van der Waals surface area contributed by atoms with E-state index in [0.29, 0.717) is 52.2 Å². The largest absolute Gasteiger partial charge is 0.416 e. The van der Waals surface area contributed by atoms with Crippen molar-refractivity contribution in [3.63, 3.8) is 0 Å². The standard InChI is InChI=1S/C20H21F3N4O2S/c1-11(2)17-26-15(29-27-17)5-4-10-24-18(28)16-12(3)25-19(30-16)13-6-8-14(9-7-13)20(21,22)23/h6-9,11H,4-5,10H2,1-3H3,(H,24,28). The van der Waals surface area contributed by atoms with Crippen LogP contribution in [0.5, 0.6) is 0 Å². The molecule has 3 rings (SSSR count). The molecule has 0 aliphatic carbocycles. The number of aryl methyl sites for hydroxylation is 2. The second-order valence-corrected chi connectivity index (χ2v) is 8.07. The molecule has 0 atom stereocenters. The monoisotopic (exact) mass is 438 g/mol. The maximum Gasteiger partial charge on any atom is 0.416 e. The molecule has 3 aromatic rings. The summed E-state index contributed by atoms with van der Waals surface area (Å²) in [5, 5.41) is 7.22. The van der Waals surface area contributed by atoms with Gasteiger partial charge in [0.2, 0.25) is 5.89 Å². The van der Waals surface area contributed by atoms with Crippen LogP contribution < -0.4 is 5.32 Å². The Morgan fingerprint density at radius 1 is 1.20 bits per heavy atom. The van der Waals surface area contributed by atoms with E-state index in [9.17, 15) is 18.0 Å². The van der Waals surface area contributed by atoms with Crippen molar-refractivity contribution in [1.29, 1.82) is 0 Å². The first-order valence-corrected chi connectivity index (χ1v) is 10.2. The van der Waals surface area contributed by atoms with Gasteiger partial charge in [-0.1, -0.05) is 31.1 Å². The Bertz CT molecular complexity index is 1010. The van der Waals surface area contributed by atoms with Crippen molar-refractivity contribution in [1.82, 2.24) is 20.4 Å². The molecule has 1 aromatic carbocycles. The molecule has 0 radical (unpaired) electrons. The number of carbonyl (C=O) groups excluding carboxylic acids is 1. The highest BCUT2D eigenvalue weighted by Crippen LogP contribution is 2.33. The van der Waals surface area contributed by atoms with Crippen LogP contribution >= 0.6 is 11.3 Å². The Kier molecular flexibility index (Phi) is 6.55. The quantitative estimate of drug-likeness (QED) is 0.525. The van der Waals surface area contributed by atoms with Gasteiger partial charge in [0.15, 0.2) is 5.82 Å². The molecule has 0 spiro atoms. The minimum atomic E-state index is -4.39. The van der Waals surface area contributed by atoms with Crippen molar-refractivity contribution < 1.29 is 22.5 Å². The van der Waals surface area contributed by atoms with Gasteiger partial charge in [-0.2, -0.15) is 18.2 Å². The first kappa shape index (κ1) is 21.9. The lowest BCUT2D eigenvalue weighted by Gasteiger charge is -2.06. The number of halogens is 3. The second kappa shape index (κ2) is 8.95. The zero-order valence-electron chi connectivity index (χ0n) is 16.7. The molecule has 30 heavy (non-hydrogen) atoms. The third kappa shape index (κ3) is 5.24. The Morgan fingerprint density at radius 3 is 2.50 bits per heavy atom. The number of benzene rings is 1. The highest BCUT2D eigenvalue weighted by atomic mass is 32.1. The fourth-order valence-corrected chi connectivity index (χ4v) is 3.65. The topological polar surface area (TPSA) is 80.9 Å². The van der Waals surface area contributed by atoms with E-state index >= 15 is 0 Å². The number of hydrogen-bond donors (Lipinski definition) is 1. The van der Waals surface area contributed by atoms with Gasteiger partial charge >= 0.3 is 6.18 Å². The lowest BCUT2D eigenvalue weighted by Crippen LogP contribution is -2.24. The third-order valence-corrected chi connectivity index (χ3v) is 5.52. The number of alkyl halides is 3. The van der Waals surface area contributed by atoms with E-state index in [2.05, 4.69) is 20.4 Å². The average molecular weight is 438 g/mol. The van der Waals surface area contributed by atoms with Crippen molar-refractivity contribution >= 4 is 17.2 Å². The van der Waals surface area contributed by atoms with Gasteiger partial charge < -0.3 is 9.84 Å². The molecule has 0 aliphatic rings. The van der Waals surface area contributed by atoms with Crippen LogP contribution in [-0.4, -0.2) is 27.6 Å². The smallest absolute Gasteiger partial charge is 0.351 e. The van der Waals surface area contributed by atoms with Gasteiger partial charge in [-0.15, -0.1) is 11.3 Å². The van der Waals surface area contributed by atoms with E-state index in [1.165, 1.54) is 12.1 Å². The van der Waals surface area contributed by atoms with Gasteiger partial charge in [0.05, 0.1) is 11.3 Å². The summed E-state index contributed by atoms with van der Waals surface area (Å²) in [6, 6.07) is 4.74. The number of amides is 1. The van der Waals surface area contributed by atoms with Gasteiger partial charge in [-0.05, 0) is 25.5 Å². The van der Waals surface area contributed by atoms with Crippen LogP contribution in [0.4, 0.5) is 13.2 Å². The zero-order valence-corrected chi connectivity index (χ0v) is 17.5. The number of nitrogens with one attached hydrogen (secondary N) is 1. The number of rotatable bonds is 7. The van der Waals surface area contributed by atoms with Gasteiger partial charge in [-0.25, -0.2) is 4.98 Å². The van der Waals surface area contributed by atoms with Crippen molar-refractivity contribution in [3.8, 4) is 10.6 Å². The number of nitrogens with zero attached hydrogens (tertiary/aromatic N) is 3. The molecule has 0 saturated heterocycles. The summed E-state index contributed by atoms with van der Waals surface area (Å²) in [4.78, 5) is 21.5. The van der Waals surface area contributed by atoms with E-state index in [-0.39, 0.29) is 11.8 Å². The Morgan fingerprint density at radius 2 is 1.90 bits per heavy atom. The van der Waals surface area contributed by atoms with Crippen LogP contribution in [0.3, 0.4) is 0 Å². The van der Waals surface area contributed by atoms with E-state index in [1.54, 1.807) is 6.92 Å². The highest BCUT2D eigenvalue weighted by Gasteiger charge is 2.30. The van der Waals surface area contributed by atoms with Crippen molar-refractivity contribution in [3.05, 3.63) is 52.1 Å². The van der Waals surface area contributed by atoms with Crippen molar-refractivity contribution in [2.75, 3.05) is 6.54 Å². The first-order chi connectivity index (χ1) is 14.1. The molecule has 160 valence electrons. The zero-order chi connectivity index (χ0) is 21.9. The number of hydrogen-bond acceptors (Lipinski definition) is 6. The summed E-state index contributed by atoms with van der Waals surface area (Å²) in [6.07, 6.45) is -3.20. The first-order valence-electron chi connectivity index (χ1n) is 9.41. The molecule has 1 N–H and O–H groups in total. The Labute approximate surface area is 175 Å². The summed E-state index contributed by atoms with van der Waals surface area (Å²) in [7, 11) is 0. The SMILES string of the molecule is Cc1nc(-c2ccc(C(F)(F)F)cc2)sc1C(=O)NCCCc1nc(C(C)C)no1. The molecule has 2 heterocycles. The van der Waals surface area contributed by atoms with Gasteiger partial charge in [-0.3, -0.25) is 4.79 Å². The van der Waals surface area contributed by atoms with E-state index in [4.69, 9.17) is 4.52 Å². The number of carbonyl (C=O) groups is 1. The van der Waals surface area contributed by atoms with Crippen LogP contribution in [0.2, 0.25) is 0 Å². The normalized spacial score (nSPS) is 11.8. The fraction of sp³-hybridized carbons (Fsp3) is 0.400. The molecule has 0 unspecified atom stereocenters. The van der Waals surface area contributed by atoms with E-state index in [1.807, 2.05) is 13.8 Å². The van der Waals surface area contributed by atoms with Crippen molar-refractivity contribution in [2.24, 2.45) is 0 Å². The summed E-state index contributed by atoms with van der Waals surface area (Å²) >= 11 is 1.15. The molecular formula is C20H21F3N4O2S. The third-order valence-electron chi connectivity index (χ3n) is 4.32. The van der Waals surface area contributed by atoms with Crippen LogP contribution in [0, 0.1) is 6.92 Å². The fourth-order valence-electron chi connectivity index (χ4n) is 2.66. The Hall–Kier alpha value is -2.75. The molecule has 10 heteroatoms. The minimum absolute atomic E-state index is 0.190. The molecule has 1 amide bonds. The van der Waals surface area contributed by atoms with Gasteiger partial charge in [0.1, 0.15) is 9.88 Å². The van der Waals surface area contributed by atoms with Crippen LogP contribution in [0.25, 0.3) is 10.6 Å². The minimum Gasteiger partial charge on any atom is -0.351 e. The maximum atomic E-state index is 12.7. The lowest BCUT2D eigenvalue weighted by atomic mass is 10.1. The molecule has 0 fully saturated rings. The number of aromatic nitrogens is 3. The summed E-state index contributed by atoms with van der Waals surface area (Å²) in [5.41, 5.74) is 0.345. The molecule has 0 aliphatic heterocycles. The second-order valence-electron chi connectivity index (χ2n) is 7.07. The van der Waals surface area contributed by atoms with Gasteiger partial charge in [0.25, 0.3) is 5.91 Å². The maximum absolute atomic E-state index is 12.7. The molecular weight excluding hydrogens is 417 g/mol. The van der Waals surface area contributed by atoms with E-state index in [0.717, 1.165) is 23.5 Å². The van der Waals surface area contributed by atoms with Gasteiger partial charge in [0, 0.05) is 24.4 Å². The highest BCUT2D eigenvalue weighted by molar-refractivity contribution is 7.17. The molecule has 0 bridgehead atoms.